The second-order valence-electron chi connectivity index (χ2n) is 5.09. The Balaban J connectivity index is 1.98. The number of nitrogens with one attached hydrogen (secondary N) is 1. The number of halogens is 1. The second-order valence-corrected chi connectivity index (χ2v) is 5.50. The van der Waals surface area contributed by atoms with Crippen LogP contribution in [-0.2, 0) is 11.3 Å². The molecule has 0 radical (unpaired) electrons. The third kappa shape index (κ3) is 4.25. The van der Waals surface area contributed by atoms with E-state index in [-0.39, 0.29) is 5.91 Å². The van der Waals surface area contributed by atoms with Crippen molar-refractivity contribution in [1.29, 1.82) is 0 Å². The minimum absolute atomic E-state index is 0.134. The summed E-state index contributed by atoms with van der Waals surface area (Å²) in [6.45, 7) is 4.43. The van der Waals surface area contributed by atoms with Gasteiger partial charge in [-0.3, -0.25) is 4.79 Å². The van der Waals surface area contributed by atoms with E-state index in [1.54, 1.807) is 12.1 Å². The molecule has 0 saturated heterocycles. The molecule has 1 unspecified atom stereocenters. The highest BCUT2D eigenvalue weighted by molar-refractivity contribution is 6.32. The Bertz CT molecular complexity index is 642. The van der Waals surface area contributed by atoms with Crippen LogP contribution in [0.1, 0.15) is 24.5 Å². The van der Waals surface area contributed by atoms with Crippen LogP contribution < -0.4 is 10.1 Å². The monoisotopic (exact) mass is 317 g/mol. The summed E-state index contributed by atoms with van der Waals surface area (Å²) >= 11 is 6.07. The van der Waals surface area contributed by atoms with Crippen LogP contribution >= 0.6 is 11.6 Å². The summed E-state index contributed by atoms with van der Waals surface area (Å²) in [7, 11) is 0. The molecule has 2 aromatic carbocycles. The molecule has 0 fully saturated rings. The van der Waals surface area contributed by atoms with Crippen molar-refractivity contribution in [3.63, 3.8) is 0 Å². The summed E-state index contributed by atoms with van der Waals surface area (Å²) in [5, 5.41) is 3.43. The van der Waals surface area contributed by atoms with Crippen LogP contribution in [0.25, 0.3) is 0 Å². The number of aryl methyl sites for hydroxylation is 1. The van der Waals surface area contributed by atoms with E-state index in [1.165, 1.54) is 0 Å². The number of hydrogen-bond acceptors (Lipinski definition) is 2. The standard InChI is InChI=1S/C18H20ClNO2/c1-3-16(22-17-11-7-6-10-15(17)19)18(21)20-12-14-9-5-4-8-13(14)2/h4-11,16H,3,12H2,1-2H3,(H,20,21). The molecule has 0 saturated carbocycles. The third-order valence-electron chi connectivity index (χ3n) is 3.48. The zero-order valence-electron chi connectivity index (χ0n) is 12.8. The smallest absolute Gasteiger partial charge is 0.261 e. The minimum Gasteiger partial charge on any atom is -0.479 e. The molecule has 1 amide bonds. The van der Waals surface area contributed by atoms with Crippen molar-refractivity contribution in [2.24, 2.45) is 0 Å². The second kappa shape index (κ2) is 7.85. The number of carbonyl (C=O) groups is 1. The minimum atomic E-state index is -0.552. The van der Waals surface area contributed by atoms with E-state index >= 15 is 0 Å². The van der Waals surface area contributed by atoms with Crippen LogP contribution in [-0.4, -0.2) is 12.0 Å². The first-order valence-electron chi connectivity index (χ1n) is 7.35. The average Bonchev–Trinajstić information content (AvgIpc) is 2.53. The van der Waals surface area contributed by atoms with Crippen molar-refractivity contribution >= 4 is 17.5 Å². The van der Waals surface area contributed by atoms with Gasteiger partial charge in [-0.1, -0.05) is 54.9 Å². The van der Waals surface area contributed by atoms with Crippen LogP contribution in [0.5, 0.6) is 5.75 Å². The zero-order valence-corrected chi connectivity index (χ0v) is 13.6. The van der Waals surface area contributed by atoms with Gasteiger partial charge >= 0.3 is 0 Å². The number of rotatable bonds is 6. The molecule has 1 N–H and O–H groups in total. The Morgan fingerprint density at radius 3 is 2.55 bits per heavy atom. The van der Waals surface area contributed by atoms with E-state index < -0.39 is 6.10 Å². The van der Waals surface area contributed by atoms with Crippen LogP contribution in [0.4, 0.5) is 0 Å². The van der Waals surface area contributed by atoms with Crippen LogP contribution in [0, 0.1) is 6.92 Å². The summed E-state index contributed by atoms with van der Waals surface area (Å²) in [5.41, 5.74) is 2.26. The van der Waals surface area contributed by atoms with Crippen molar-refractivity contribution in [3.05, 3.63) is 64.7 Å². The molecule has 2 rings (SSSR count). The molecule has 0 aromatic heterocycles. The normalized spacial score (nSPS) is 11.8. The summed E-state index contributed by atoms with van der Waals surface area (Å²) in [5.74, 6) is 0.396. The lowest BCUT2D eigenvalue weighted by atomic mass is 10.1. The summed E-state index contributed by atoms with van der Waals surface area (Å²) in [6, 6.07) is 15.1. The predicted molar refractivity (Wildman–Crippen MR) is 89.2 cm³/mol. The highest BCUT2D eigenvalue weighted by Gasteiger charge is 2.19. The van der Waals surface area contributed by atoms with Crippen molar-refractivity contribution < 1.29 is 9.53 Å². The van der Waals surface area contributed by atoms with Gasteiger partial charge in [-0.25, -0.2) is 0 Å². The number of carbonyl (C=O) groups excluding carboxylic acids is 1. The molecule has 0 bridgehead atoms. The molecular weight excluding hydrogens is 298 g/mol. The quantitative estimate of drug-likeness (QED) is 0.870. The maximum Gasteiger partial charge on any atom is 0.261 e. The average molecular weight is 318 g/mol. The lowest BCUT2D eigenvalue weighted by Gasteiger charge is -2.18. The molecule has 0 spiro atoms. The first-order chi connectivity index (χ1) is 10.6. The van der Waals surface area contributed by atoms with Crippen molar-refractivity contribution in [2.45, 2.75) is 32.9 Å². The molecule has 22 heavy (non-hydrogen) atoms. The Hall–Kier alpha value is -2.00. The fourth-order valence-corrected chi connectivity index (χ4v) is 2.30. The van der Waals surface area contributed by atoms with E-state index in [0.717, 1.165) is 11.1 Å². The lowest BCUT2D eigenvalue weighted by Crippen LogP contribution is -2.37. The van der Waals surface area contributed by atoms with Crippen molar-refractivity contribution in [3.8, 4) is 5.75 Å². The number of para-hydroxylation sites is 1. The Kier molecular flexibility index (Phi) is 5.84. The first kappa shape index (κ1) is 16.4. The van der Waals surface area contributed by atoms with Gasteiger partial charge < -0.3 is 10.1 Å². The number of benzene rings is 2. The van der Waals surface area contributed by atoms with Gasteiger partial charge in [0.2, 0.25) is 0 Å². The van der Waals surface area contributed by atoms with Gasteiger partial charge in [0.1, 0.15) is 5.75 Å². The van der Waals surface area contributed by atoms with E-state index in [2.05, 4.69) is 5.32 Å². The molecule has 2 aromatic rings. The van der Waals surface area contributed by atoms with Gasteiger partial charge in [0.15, 0.2) is 6.10 Å². The summed E-state index contributed by atoms with van der Waals surface area (Å²) < 4.78 is 5.73. The van der Waals surface area contributed by atoms with Crippen LogP contribution in [0.15, 0.2) is 48.5 Å². The van der Waals surface area contributed by atoms with Gasteiger partial charge in [-0.15, -0.1) is 0 Å². The fourth-order valence-electron chi connectivity index (χ4n) is 2.12. The number of amides is 1. The largest absolute Gasteiger partial charge is 0.479 e. The van der Waals surface area contributed by atoms with E-state index in [4.69, 9.17) is 16.3 Å². The van der Waals surface area contributed by atoms with E-state index in [0.29, 0.717) is 23.7 Å². The third-order valence-corrected chi connectivity index (χ3v) is 3.80. The molecular formula is C18H20ClNO2. The van der Waals surface area contributed by atoms with Gasteiger partial charge in [0.05, 0.1) is 5.02 Å². The van der Waals surface area contributed by atoms with Gasteiger partial charge in [0.25, 0.3) is 5.91 Å². The predicted octanol–water partition coefficient (Wildman–Crippen LogP) is 4.12. The molecule has 0 aliphatic heterocycles. The highest BCUT2D eigenvalue weighted by atomic mass is 35.5. The Labute approximate surface area is 136 Å². The van der Waals surface area contributed by atoms with Gasteiger partial charge in [-0.2, -0.15) is 0 Å². The number of ether oxygens (including phenoxy) is 1. The fraction of sp³-hybridized carbons (Fsp3) is 0.278. The molecule has 0 heterocycles. The first-order valence-corrected chi connectivity index (χ1v) is 7.73. The molecule has 0 aliphatic carbocycles. The maximum absolute atomic E-state index is 12.3. The summed E-state index contributed by atoms with van der Waals surface area (Å²) in [6.07, 6.45) is 0.0223. The van der Waals surface area contributed by atoms with E-state index in [1.807, 2.05) is 50.2 Å². The molecule has 1 atom stereocenters. The topological polar surface area (TPSA) is 38.3 Å². The molecule has 3 nitrogen and oxygen atoms in total. The Morgan fingerprint density at radius 1 is 1.18 bits per heavy atom. The lowest BCUT2D eigenvalue weighted by molar-refractivity contribution is -0.128. The van der Waals surface area contributed by atoms with Crippen molar-refractivity contribution in [1.82, 2.24) is 5.32 Å². The SMILES string of the molecule is CCC(Oc1ccccc1Cl)C(=O)NCc1ccccc1C. The highest BCUT2D eigenvalue weighted by Crippen LogP contribution is 2.24. The molecule has 116 valence electrons. The van der Waals surface area contributed by atoms with Crippen molar-refractivity contribution in [2.75, 3.05) is 0 Å². The molecule has 0 aliphatic rings. The number of hydrogen-bond donors (Lipinski definition) is 1. The zero-order chi connectivity index (χ0) is 15.9. The van der Waals surface area contributed by atoms with Gasteiger partial charge in [-0.05, 0) is 36.6 Å². The van der Waals surface area contributed by atoms with E-state index in [9.17, 15) is 4.79 Å². The summed E-state index contributed by atoms with van der Waals surface area (Å²) in [4.78, 5) is 12.3. The Morgan fingerprint density at radius 2 is 1.86 bits per heavy atom. The maximum atomic E-state index is 12.3. The molecule has 4 heteroatoms. The van der Waals surface area contributed by atoms with Gasteiger partial charge in [0, 0.05) is 6.54 Å². The van der Waals surface area contributed by atoms with Crippen LogP contribution in [0.2, 0.25) is 5.02 Å². The van der Waals surface area contributed by atoms with Crippen LogP contribution in [0.3, 0.4) is 0 Å².